The van der Waals surface area contributed by atoms with E-state index in [1.165, 1.54) is 6.07 Å². The summed E-state index contributed by atoms with van der Waals surface area (Å²) in [6.07, 6.45) is 1.82. The molecule has 1 N–H and O–H groups in total. The number of halogens is 1. The third-order valence-corrected chi connectivity index (χ3v) is 3.32. The Hall–Kier alpha value is -1.10. The van der Waals surface area contributed by atoms with Gasteiger partial charge < -0.3 is 9.88 Å². The number of carbonyl (C=O) groups is 1. The average Bonchev–Trinajstić information content (AvgIpc) is 2.38. The topological polar surface area (TPSA) is 53.2 Å². The van der Waals surface area contributed by atoms with Crippen LogP contribution in [0.4, 0.5) is 0 Å². The molecule has 1 aromatic heterocycles. The van der Waals surface area contributed by atoms with Gasteiger partial charge in [0.15, 0.2) is 0 Å². The van der Waals surface area contributed by atoms with Crippen molar-refractivity contribution in [2.24, 2.45) is 0 Å². The van der Waals surface area contributed by atoms with Crippen molar-refractivity contribution < 1.29 is 4.79 Å². The maximum atomic E-state index is 12.4. The van der Waals surface area contributed by atoms with Gasteiger partial charge in [-0.25, -0.2) is 0 Å². The third kappa shape index (κ3) is 3.70. The van der Waals surface area contributed by atoms with Crippen molar-refractivity contribution >= 4 is 21.8 Å². The van der Waals surface area contributed by atoms with Crippen molar-refractivity contribution in [1.29, 1.82) is 0 Å². The molecule has 4 nitrogen and oxygen atoms in total. The minimum Gasteiger partial charge on any atom is -0.334 e. The second kappa shape index (κ2) is 7.36. The second-order valence-corrected chi connectivity index (χ2v) is 4.88. The van der Waals surface area contributed by atoms with E-state index in [2.05, 4.69) is 34.8 Å². The number of hydrogen-bond donors (Lipinski definition) is 1. The van der Waals surface area contributed by atoms with E-state index >= 15 is 0 Å². The number of nitrogens with zero attached hydrogens (tertiary/aromatic N) is 1. The zero-order chi connectivity index (χ0) is 13.5. The van der Waals surface area contributed by atoms with E-state index < -0.39 is 0 Å². The van der Waals surface area contributed by atoms with E-state index in [0.29, 0.717) is 12.2 Å². The molecule has 0 spiro atoms. The van der Waals surface area contributed by atoms with Crippen molar-refractivity contribution in [3.05, 3.63) is 34.2 Å². The monoisotopic (exact) mass is 314 g/mol. The summed E-state index contributed by atoms with van der Waals surface area (Å²) in [7, 11) is 0. The minimum atomic E-state index is -0.246. The molecule has 0 unspecified atom stereocenters. The molecule has 0 aromatic carbocycles. The number of nitrogens with one attached hydrogen (secondary N) is 1. The number of amides is 1. The highest BCUT2D eigenvalue weighted by molar-refractivity contribution is 9.09. The predicted octanol–water partition coefficient (Wildman–Crippen LogP) is 2.40. The van der Waals surface area contributed by atoms with Crippen LogP contribution in [0.5, 0.6) is 0 Å². The lowest BCUT2D eigenvalue weighted by atomic mass is 10.1. The van der Waals surface area contributed by atoms with Crippen LogP contribution in [-0.4, -0.2) is 33.7 Å². The second-order valence-electron chi connectivity index (χ2n) is 4.09. The number of alkyl halides is 1. The fraction of sp³-hybridized carbons (Fsp3) is 0.538. The molecule has 0 atom stereocenters. The van der Waals surface area contributed by atoms with Crippen LogP contribution in [0.25, 0.3) is 0 Å². The number of aromatic nitrogens is 1. The van der Waals surface area contributed by atoms with E-state index in [9.17, 15) is 9.59 Å². The van der Waals surface area contributed by atoms with Gasteiger partial charge in [0.1, 0.15) is 5.69 Å². The highest BCUT2D eigenvalue weighted by atomic mass is 79.9. The zero-order valence-corrected chi connectivity index (χ0v) is 12.4. The van der Waals surface area contributed by atoms with E-state index in [0.717, 1.165) is 18.2 Å². The van der Waals surface area contributed by atoms with Crippen LogP contribution in [0.1, 0.15) is 37.2 Å². The molecule has 0 aliphatic carbocycles. The number of carbonyl (C=O) groups excluding carboxylic acids is 1. The van der Waals surface area contributed by atoms with Gasteiger partial charge in [-0.1, -0.05) is 35.8 Å². The summed E-state index contributed by atoms with van der Waals surface area (Å²) in [6.45, 7) is 4.77. The molecule has 1 rings (SSSR count). The highest BCUT2D eigenvalue weighted by Gasteiger charge is 2.22. The Morgan fingerprint density at radius 1 is 1.39 bits per heavy atom. The fourth-order valence-electron chi connectivity index (χ4n) is 2.00. The Bertz CT molecular complexity index is 441. The normalized spacial score (nSPS) is 10.7. The first kappa shape index (κ1) is 15.0. The van der Waals surface area contributed by atoms with Crippen molar-refractivity contribution in [2.45, 2.75) is 32.7 Å². The van der Waals surface area contributed by atoms with Crippen LogP contribution in [-0.2, 0) is 0 Å². The molecule has 0 fully saturated rings. The number of H-pyrrole nitrogens is 1. The summed E-state index contributed by atoms with van der Waals surface area (Å²) in [4.78, 5) is 28.0. The van der Waals surface area contributed by atoms with Gasteiger partial charge >= 0.3 is 0 Å². The summed E-state index contributed by atoms with van der Waals surface area (Å²) in [5.41, 5.74) is 0.111. The summed E-state index contributed by atoms with van der Waals surface area (Å²) in [6, 6.07) is 4.86. The highest BCUT2D eigenvalue weighted by Crippen LogP contribution is 2.12. The van der Waals surface area contributed by atoms with Gasteiger partial charge in [0.25, 0.3) is 5.91 Å². The van der Waals surface area contributed by atoms with E-state index in [1.807, 2.05) is 4.90 Å². The Balaban J connectivity index is 2.98. The molecule has 0 saturated carbocycles. The quantitative estimate of drug-likeness (QED) is 0.820. The number of rotatable bonds is 6. The molecule has 0 radical (unpaired) electrons. The Labute approximate surface area is 116 Å². The van der Waals surface area contributed by atoms with Crippen molar-refractivity contribution in [3.63, 3.8) is 0 Å². The average molecular weight is 315 g/mol. The summed E-state index contributed by atoms with van der Waals surface area (Å²) in [5.74, 6) is -0.110. The van der Waals surface area contributed by atoms with Gasteiger partial charge in [0, 0.05) is 24.0 Å². The summed E-state index contributed by atoms with van der Waals surface area (Å²) >= 11 is 3.37. The molecule has 1 heterocycles. The maximum absolute atomic E-state index is 12.4. The number of hydrogen-bond acceptors (Lipinski definition) is 2. The molecular formula is C13H19BrN2O2. The van der Waals surface area contributed by atoms with Crippen molar-refractivity contribution in [2.75, 3.05) is 11.9 Å². The maximum Gasteiger partial charge on any atom is 0.270 e. The standard InChI is InChI=1S/C13H19BrN2O2/c1-3-10(4-2)16(9-8-14)13(18)11-6-5-7-12(17)15-11/h5-7,10H,3-4,8-9H2,1-2H3,(H,15,17). The Morgan fingerprint density at radius 3 is 2.56 bits per heavy atom. The van der Waals surface area contributed by atoms with Crippen LogP contribution in [0.2, 0.25) is 0 Å². The molecule has 18 heavy (non-hydrogen) atoms. The van der Waals surface area contributed by atoms with E-state index in [1.54, 1.807) is 12.1 Å². The molecular weight excluding hydrogens is 296 g/mol. The van der Waals surface area contributed by atoms with E-state index in [4.69, 9.17) is 0 Å². The smallest absolute Gasteiger partial charge is 0.270 e. The van der Waals surface area contributed by atoms with Crippen LogP contribution < -0.4 is 5.56 Å². The molecule has 1 amide bonds. The summed E-state index contributed by atoms with van der Waals surface area (Å²) < 4.78 is 0. The fourth-order valence-corrected chi connectivity index (χ4v) is 2.38. The first-order chi connectivity index (χ1) is 8.63. The molecule has 5 heteroatoms. The lowest BCUT2D eigenvalue weighted by Crippen LogP contribution is -2.41. The predicted molar refractivity (Wildman–Crippen MR) is 76.3 cm³/mol. The van der Waals surface area contributed by atoms with Crippen LogP contribution in [0.3, 0.4) is 0 Å². The Kier molecular flexibility index (Phi) is 6.12. The lowest BCUT2D eigenvalue weighted by molar-refractivity contribution is 0.0676. The third-order valence-electron chi connectivity index (χ3n) is 2.97. The minimum absolute atomic E-state index is 0.110. The number of aromatic amines is 1. The van der Waals surface area contributed by atoms with Crippen LogP contribution in [0.15, 0.2) is 23.0 Å². The van der Waals surface area contributed by atoms with Gasteiger partial charge in [0.2, 0.25) is 5.56 Å². The van der Waals surface area contributed by atoms with E-state index in [-0.39, 0.29) is 17.5 Å². The van der Waals surface area contributed by atoms with Gasteiger partial charge in [-0.3, -0.25) is 9.59 Å². The largest absolute Gasteiger partial charge is 0.334 e. The van der Waals surface area contributed by atoms with Crippen LogP contribution in [0, 0.1) is 0 Å². The van der Waals surface area contributed by atoms with Gasteiger partial charge in [-0.2, -0.15) is 0 Å². The molecule has 0 aliphatic rings. The van der Waals surface area contributed by atoms with Gasteiger partial charge in [-0.15, -0.1) is 0 Å². The van der Waals surface area contributed by atoms with Gasteiger partial charge in [0.05, 0.1) is 0 Å². The first-order valence-corrected chi connectivity index (χ1v) is 7.32. The number of pyridine rings is 1. The van der Waals surface area contributed by atoms with Gasteiger partial charge in [-0.05, 0) is 18.9 Å². The molecule has 1 aromatic rings. The van der Waals surface area contributed by atoms with Crippen LogP contribution >= 0.6 is 15.9 Å². The zero-order valence-electron chi connectivity index (χ0n) is 10.8. The lowest BCUT2D eigenvalue weighted by Gasteiger charge is -2.29. The first-order valence-electron chi connectivity index (χ1n) is 6.20. The summed E-state index contributed by atoms with van der Waals surface area (Å²) in [5, 5.41) is 0.728. The SMILES string of the molecule is CCC(CC)N(CCBr)C(=O)c1cccc(=O)[nH]1. The Morgan fingerprint density at radius 2 is 2.06 bits per heavy atom. The molecule has 100 valence electrons. The van der Waals surface area contributed by atoms with Crippen molar-refractivity contribution in [3.8, 4) is 0 Å². The molecule has 0 aliphatic heterocycles. The molecule has 0 bridgehead atoms. The molecule has 0 saturated heterocycles. The van der Waals surface area contributed by atoms with Crippen molar-refractivity contribution in [1.82, 2.24) is 9.88 Å².